The zero-order valence-electron chi connectivity index (χ0n) is 11.2. The summed E-state index contributed by atoms with van der Waals surface area (Å²) in [6, 6.07) is 3.64. The Morgan fingerprint density at radius 2 is 2.00 bits per heavy atom. The maximum absolute atomic E-state index is 11.3. The summed E-state index contributed by atoms with van der Waals surface area (Å²) in [5.74, 6) is 0.246. The molecule has 2 aromatic heterocycles. The van der Waals surface area contributed by atoms with Crippen LogP contribution in [0.25, 0.3) is 0 Å². The largest absolute Gasteiger partial charge is 0.382 e. The molecule has 0 aliphatic rings. The Balaban J connectivity index is 1.74. The maximum Gasteiger partial charge on any atom is 0.282 e. The Labute approximate surface area is 120 Å². The monoisotopic (exact) mass is 292 g/mol. The number of amides is 1. The van der Waals surface area contributed by atoms with Gasteiger partial charge in [0, 0.05) is 13.5 Å². The number of nitrogens with one attached hydrogen (secondary N) is 1. The number of hydrogen-bond acceptors (Lipinski definition) is 7. The number of nitrogens with two attached hydrogens (primary N) is 1. The van der Waals surface area contributed by atoms with Gasteiger partial charge in [0.1, 0.15) is 10.8 Å². The molecule has 0 aliphatic carbocycles. The molecule has 0 bridgehead atoms. The Hall–Kier alpha value is -2.09. The summed E-state index contributed by atoms with van der Waals surface area (Å²) < 4.78 is 0. The Morgan fingerprint density at radius 3 is 2.70 bits per heavy atom. The van der Waals surface area contributed by atoms with Crippen molar-refractivity contribution in [3.63, 3.8) is 0 Å². The first-order valence-corrected chi connectivity index (χ1v) is 7.13. The lowest BCUT2D eigenvalue weighted by atomic mass is 10.1. The van der Waals surface area contributed by atoms with Gasteiger partial charge in [0.15, 0.2) is 0 Å². The highest BCUT2D eigenvalue weighted by Gasteiger charge is 2.10. The van der Waals surface area contributed by atoms with E-state index in [1.165, 1.54) is 11.3 Å². The van der Waals surface area contributed by atoms with Gasteiger partial charge in [-0.1, -0.05) is 11.3 Å². The number of hydrogen-bond donors (Lipinski definition) is 2. The molecule has 0 aromatic carbocycles. The van der Waals surface area contributed by atoms with E-state index in [-0.39, 0.29) is 5.91 Å². The highest BCUT2D eigenvalue weighted by atomic mass is 32.1. The molecule has 0 fully saturated rings. The van der Waals surface area contributed by atoms with Crippen molar-refractivity contribution in [3.05, 3.63) is 27.8 Å². The fourth-order valence-corrected chi connectivity index (χ4v) is 2.47. The molecule has 1 amide bonds. The number of nitrogens with zero attached hydrogens (tertiary/aromatic N) is 4. The smallest absolute Gasteiger partial charge is 0.282 e. The van der Waals surface area contributed by atoms with Crippen LogP contribution in [0.2, 0.25) is 0 Å². The standard InChI is InChI=1S/C12H16N6OS/c1-14-11(19)12-18-17-10(20-12)5-3-2-4-8-6-7-9(13)16-15-8/h6-7H,2-5H2,1H3,(H2,13,16)(H,14,19). The van der Waals surface area contributed by atoms with Crippen LogP contribution in [0.15, 0.2) is 12.1 Å². The van der Waals surface area contributed by atoms with Gasteiger partial charge in [0.25, 0.3) is 5.91 Å². The number of anilines is 1. The van der Waals surface area contributed by atoms with Crippen molar-refractivity contribution in [1.29, 1.82) is 0 Å². The first-order valence-electron chi connectivity index (χ1n) is 6.31. The van der Waals surface area contributed by atoms with Crippen molar-refractivity contribution in [3.8, 4) is 0 Å². The molecule has 2 heterocycles. The summed E-state index contributed by atoms with van der Waals surface area (Å²) in [6.07, 6.45) is 3.62. The van der Waals surface area contributed by atoms with Gasteiger partial charge in [-0.25, -0.2) is 0 Å². The number of unbranched alkanes of at least 4 members (excludes halogenated alkanes) is 1. The molecular weight excluding hydrogens is 276 g/mol. The van der Waals surface area contributed by atoms with E-state index in [0.29, 0.717) is 10.8 Å². The van der Waals surface area contributed by atoms with E-state index in [1.54, 1.807) is 13.1 Å². The third kappa shape index (κ3) is 3.95. The summed E-state index contributed by atoms with van der Waals surface area (Å²) in [5, 5.41) is 19.5. The van der Waals surface area contributed by atoms with E-state index in [2.05, 4.69) is 25.7 Å². The van der Waals surface area contributed by atoms with Gasteiger partial charge >= 0.3 is 0 Å². The second-order valence-electron chi connectivity index (χ2n) is 4.24. The van der Waals surface area contributed by atoms with Crippen molar-refractivity contribution in [2.24, 2.45) is 0 Å². The zero-order valence-corrected chi connectivity index (χ0v) is 12.0. The summed E-state index contributed by atoms with van der Waals surface area (Å²) in [5.41, 5.74) is 6.41. The van der Waals surface area contributed by atoms with Crippen LogP contribution < -0.4 is 11.1 Å². The molecule has 2 aromatic rings. The van der Waals surface area contributed by atoms with E-state index in [9.17, 15) is 4.79 Å². The van der Waals surface area contributed by atoms with Crippen molar-refractivity contribution >= 4 is 23.1 Å². The highest BCUT2D eigenvalue weighted by molar-refractivity contribution is 7.13. The number of carbonyl (C=O) groups is 1. The second-order valence-corrected chi connectivity index (χ2v) is 5.30. The first-order chi connectivity index (χ1) is 9.69. The predicted octanol–water partition coefficient (Wildman–Crippen LogP) is 0.835. The number of aryl methyl sites for hydroxylation is 2. The summed E-state index contributed by atoms with van der Waals surface area (Å²) in [6.45, 7) is 0. The quantitative estimate of drug-likeness (QED) is 0.764. The van der Waals surface area contributed by atoms with Gasteiger partial charge in [-0.15, -0.1) is 15.3 Å². The third-order valence-electron chi connectivity index (χ3n) is 2.70. The van der Waals surface area contributed by atoms with Crippen LogP contribution in [0.4, 0.5) is 5.82 Å². The van der Waals surface area contributed by atoms with Crippen molar-refractivity contribution in [1.82, 2.24) is 25.7 Å². The Morgan fingerprint density at radius 1 is 1.20 bits per heavy atom. The lowest BCUT2D eigenvalue weighted by molar-refractivity contribution is 0.0962. The van der Waals surface area contributed by atoms with Crippen LogP contribution in [0.5, 0.6) is 0 Å². The second kappa shape index (κ2) is 6.90. The number of rotatable bonds is 6. The normalized spacial score (nSPS) is 10.4. The zero-order chi connectivity index (χ0) is 14.4. The molecular formula is C12H16N6OS. The predicted molar refractivity (Wildman–Crippen MR) is 76.4 cm³/mol. The Kier molecular flexibility index (Phi) is 4.94. The van der Waals surface area contributed by atoms with E-state index >= 15 is 0 Å². The fourth-order valence-electron chi connectivity index (χ4n) is 1.64. The van der Waals surface area contributed by atoms with E-state index < -0.39 is 0 Å². The van der Waals surface area contributed by atoms with Gasteiger partial charge in [-0.3, -0.25) is 4.79 Å². The lowest BCUT2D eigenvalue weighted by Gasteiger charge is -1.99. The van der Waals surface area contributed by atoms with Crippen LogP contribution in [-0.2, 0) is 12.8 Å². The van der Waals surface area contributed by atoms with Crippen LogP contribution in [0, 0.1) is 0 Å². The van der Waals surface area contributed by atoms with Crippen LogP contribution in [0.1, 0.15) is 33.3 Å². The minimum atomic E-state index is -0.189. The van der Waals surface area contributed by atoms with Gasteiger partial charge in [-0.2, -0.15) is 5.10 Å². The van der Waals surface area contributed by atoms with Gasteiger partial charge < -0.3 is 11.1 Å². The Bertz CT molecular complexity index is 568. The first kappa shape index (κ1) is 14.3. The van der Waals surface area contributed by atoms with Crippen molar-refractivity contribution in [2.75, 3.05) is 12.8 Å². The molecule has 3 N–H and O–H groups in total. The summed E-state index contributed by atoms with van der Waals surface area (Å²) >= 11 is 1.34. The molecule has 0 atom stereocenters. The SMILES string of the molecule is CNC(=O)c1nnc(CCCCc2ccc(N)nn2)s1. The molecule has 8 heteroatoms. The molecule has 0 unspecified atom stereocenters. The summed E-state index contributed by atoms with van der Waals surface area (Å²) in [7, 11) is 1.58. The molecule has 0 aliphatic heterocycles. The number of nitrogen functional groups attached to an aromatic ring is 1. The molecule has 0 radical (unpaired) electrons. The maximum atomic E-state index is 11.3. The van der Waals surface area contributed by atoms with Crippen LogP contribution in [-0.4, -0.2) is 33.3 Å². The third-order valence-corrected chi connectivity index (χ3v) is 3.68. The average Bonchev–Trinajstić information content (AvgIpc) is 2.93. The minimum Gasteiger partial charge on any atom is -0.382 e. The van der Waals surface area contributed by atoms with E-state index in [4.69, 9.17) is 5.73 Å². The molecule has 20 heavy (non-hydrogen) atoms. The van der Waals surface area contributed by atoms with Crippen LogP contribution >= 0.6 is 11.3 Å². The average molecular weight is 292 g/mol. The van der Waals surface area contributed by atoms with Crippen molar-refractivity contribution in [2.45, 2.75) is 25.7 Å². The molecule has 106 valence electrons. The number of carbonyl (C=O) groups excluding carboxylic acids is 1. The van der Waals surface area contributed by atoms with E-state index in [0.717, 1.165) is 36.4 Å². The minimum absolute atomic E-state index is 0.189. The highest BCUT2D eigenvalue weighted by Crippen LogP contribution is 2.13. The molecule has 2 rings (SSSR count). The fraction of sp³-hybridized carbons (Fsp3) is 0.417. The van der Waals surface area contributed by atoms with Crippen LogP contribution in [0.3, 0.4) is 0 Å². The molecule has 7 nitrogen and oxygen atoms in total. The number of aromatic nitrogens is 4. The molecule has 0 spiro atoms. The molecule has 0 saturated heterocycles. The molecule has 0 saturated carbocycles. The van der Waals surface area contributed by atoms with Gasteiger partial charge in [0.2, 0.25) is 5.01 Å². The lowest BCUT2D eigenvalue weighted by Crippen LogP contribution is -2.17. The van der Waals surface area contributed by atoms with Gasteiger partial charge in [0.05, 0.1) is 5.69 Å². The van der Waals surface area contributed by atoms with Gasteiger partial charge in [-0.05, 0) is 31.4 Å². The van der Waals surface area contributed by atoms with Crippen molar-refractivity contribution < 1.29 is 4.79 Å². The topological polar surface area (TPSA) is 107 Å². The summed E-state index contributed by atoms with van der Waals surface area (Å²) in [4.78, 5) is 11.3. The van der Waals surface area contributed by atoms with E-state index in [1.807, 2.05) is 6.07 Å².